The minimum atomic E-state index is -4.65. The molecule has 1 amide bonds. The zero-order chi connectivity index (χ0) is 22.1. The Kier molecular flexibility index (Phi) is 6.12. The van der Waals surface area contributed by atoms with Gasteiger partial charge >= 0.3 is 6.18 Å². The number of carbonyl (C=O) groups is 1. The summed E-state index contributed by atoms with van der Waals surface area (Å²) in [4.78, 5) is 18.6. The lowest BCUT2D eigenvalue weighted by molar-refractivity contribution is -0.137. The van der Waals surface area contributed by atoms with Crippen molar-refractivity contribution in [1.82, 2.24) is 9.88 Å². The standard InChI is InChI=1S/C20H20ClF3N4O2/c1-11-18(25)15(27-16-7-6-12(30-2)10-26-16)8-9-28(11)19(29)13-4-3-5-14(17(13)21)20(22,23)24/h3-7,10-11H,8-9,25H2,1-2H3,(H,26,27). The van der Waals surface area contributed by atoms with Crippen LogP contribution >= 0.6 is 11.6 Å². The molecule has 3 N–H and O–H groups in total. The smallest absolute Gasteiger partial charge is 0.417 e. The summed E-state index contributed by atoms with van der Waals surface area (Å²) in [5, 5.41) is 2.51. The number of halogens is 4. The molecule has 1 aliphatic rings. The molecule has 2 heterocycles. The molecule has 0 fully saturated rings. The number of hydrogen-bond donors (Lipinski definition) is 2. The molecule has 10 heteroatoms. The predicted molar refractivity (Wildman–Crippen MR) is 107 cm³/mol. The van der Waals surface area contributed by atoms with Crippen molar-refractivity contribution in [2.45, 2.75) is 25.6 Å². The van der Waals surface area contributed by atoms with E-state index in [1.54, 1.807) is 25.3 Å². The third-order valence-corrected chi connectivity index (χ3v) is 5.32. The summed E-state index contributed by atoms with van der Waals surface area (Å²) >= 11 is 5.91. The Hall–Kier alpha value is -2.94. The minimum absolute atomic E-state index is 0.209. The van der Waals surface area contributed by atoms with E-state index in [-0.39, 0.29) is 12.1 Å². The van der Waals surface area contributed by atoms with Crippen LogP contribution < -0.4 is 15.8 Å². The van der Waals surface area contributed by atoms with Crippen molar-refractivity contribution in [2.75, 3.05) is 19.0 Å². The van der Waals surface area contributed by atoms with Gasteiger partial charge in [0.2, 0.25) is 0 Å². The average molecular weight is 441 g/mol. The number of aromatic nitrogens is 1. The number of nitrogens with two attached hydrogens (primary N) is 1. The van der Waals surface area contributed by atoms with Crippen molar-refractivity contribution in [3.8, 4) is 5.75 Å². The van der Waals surface area contributed by atoms with Gasteiger partial charge in [-0.3, -0.25) is 4.79 Å². The molecule has 0 saturated heterocycles. The van der Waals surface area contributed by atoms with E-state index in [4.69, 9.17) is 22.1 Å². The topological polar surface area (TPSA) is 80.5 Å². The predicted octanol–water partition coefficient (Wildman–Crippen LogP) is 4.28. The lowest BCUT2D eigenvalue weighted by Gasteiger charge is -2.36. The van der Waals surface area contributed by atoms with Gasteiger partial charge in [0.05, 0.1) is 41.2 Å². The molecule has 0 spiro atoms. The quantitative estimate of drug-likeness (QED) is 0.741. The number of ether oxygens (including phenoxy) is 1. The van der Waals surface area contributed by atoms with Crippen LogP contribution in [0, 0.1) is 0 Å². The van der Waals surface area contributed by atoms with Crippen LogP contribution in [-0.2, 0) is 6.18 Å². The van der Waals surface area contributed by atoms with Gasteiger partial charge in [0, 0.05) is 18.7 Å². The van der Waals surface area contributed by atoms with E-state index in [0.717, 1.165) is 12.1 Å². The molecule has 30 heavy (non-hydrogen) atoms. The number of pyridine rings is 1. The largest absolute Gasteiger partial charge is 0.495 e. The van der Waals surface area contributed by atoms with Crippen LogP contribution in [-0.4, -0.2) is 35.5 Å². The van der Waals surface area contributed by atoms with Crippen LogP contribution in [0.25, 0.3) is 0 Å². The van der Waals surface area contributed by atoms with Crippen molar-refractivity contribution in [1.29, 1.82) is 0 Å². The van der Waals surface area contributed by atoms with Crippen molar-refractivity contribution in [3.05, 3.63) is 64.1 Å². The highest BCUT2D eigenvalue weighted by atomic mass is 35.5. The Morgan fingerprint density at radius 3 is 2.67 bits per heavy atom. The minimum Gasteiger partial charge on any atom is -0.495 e. The fraction of sp³-hybridized carbons (Fsp3) is 0.300. The Morgan fingerprint density at radius 1 is 1.33 bits per heavy atom. The van der Waals surface area contributed by atoms with Crippen molar-refractivity contribution >= 4 is 23.3 Å². The Labute approximate surface area is 176 Å². The number of benzene rings is 1. The fourth-order valence-corrected chi connectivity index (χ4v) is 3.52. The third-order valence-electron chi connectivity index (χ3n) is 4.92. The SMILES string of the molecule is COc1ccc(NC2=C(N)C(C)N(C(=O)c3cccc(C(F)(F)F)c3Cl)CC2)nc1. The first-order valence-corrected chi connectivity index (χ1v) is 9.43. The van der Waals surface area contributed by atoms with E-state index in [9.17, 15) is 18.0 Å². The zero-order valence-electron chi connectivity index (χ0n) is 16.3. The molecule has 1 aromatic carbocycles. The van der Waals surface area contributed by atoms with Crippen molar-refractivity contribution < 1.29 is 22.7 Å². The first-order valence-electron chi connectivity index (χ1n) is 9.05. The molecule has 1 aliphatic heterocycles. The van der Waals surface area contributed by atoms with E-state index in [0.29, 0.717) is 29.4 Å². The van der Waals surface area contributed by atoms with Crippen LogP contribution in [0.15, 0.2) is 47.9 Å². The number of hydrogen-bond acceptors (Lipinski definition) is 5. The summed E-state index contributed by atoms with van der Waals surface area (Å²) in [6, 6.07) is 6.21. The van der Waals surface area contributed by atoms with E-state index in [1.807, 2.05) is 0 Å². The zero-order valence-corrected chi connectivity index (χ0v) is 17.0. The normalized spacial score (nSPS) is 17.1. The molecule has 1 aromatic heterocycles. The van der Waals surface area contributed by atoms with Crippen LogP contribution in [0.1, 0.15) is 29.3 Å². The van der Waals surface area contributed by atoms with Gasteiger partial charge in [0.1, 0.15) is 11.6 Å². The maximum Gasteiger partial charge on any atom is 0.417 e. The van der Waals surface area contributed by atoms with E-state index >= 15 is 0 Å². The molecule has 0 aliphatic carbocycles. The second-order valence-corrected chi connectivity index (χ2v) is 7.11. The second kappa shape index (κ2) is 8.43. The molecule has 2 aromatic rings. The van der Waals surface area contributed by atoms with Gasteiger partial charge in [0.25, 0.3) is 5.91 Å². The summed E-state index contributed by atoms with van der Waals surface area (Å²) in [6.07, 6.45) is -2.72. The Balaban J connectivity index is 1.82. The molecule has 160 valence electrons. The van der Waals surface area contributed by atoms with Gasteiger partial charge < -0.3 is 20.7 Å². The molecule has 0 bridgehead atoms. The maximum atomic E-state index is 13.1. The van der Waals surface area contributed by atoms with Gasteiger partial charge in [-0.05, 0) is 31.2 Å². The molecule has 6 nitrogen and oxygen atoms in total. The molecular formula is C20H20ClF3N4O2. The number of amides is 1. The maximum absolute atomic E-state index is 13.1. The van der Waals surface area contributed by atoms with Gasteiger partial charge in [-0.1, -0.05) is 17.7 Å². The number of nitrogens with one attached hydrogen (secondary N) is 1. The van der Waals surface area contributed by atoms with Gasteiger partial charge in [-0.15, -0.1) is 0 Å². The van der Waals surface area contributed by atoms with Gasteiger partial charge in [-0.2, -0.15) is 13.2 Å². The lowest BCUT2D eigenvalue weighted by Crippen LogP contribution is -2.46. The molecule has 0 radical (unpaired) electrons. The van der Waals surface area contributed by atoms with Crippen LogP contribution in [0.2, 0.25) is 5.02 Å². The fourth-order valence-electron chi connectivity index (χ4n) is 3.20. The van der Waals surface area contributed by atoms with E-state index in [2.05, 4.69) is 10.3 Å². The summed E-state index contributed by atoms with van der Waals surface area (Å²) in [7, 11) is 1.54. The van der Waals surface area contributed by atoms with Crippen molar-refractivity contribution in [3.63, 3.8) is 0 Å². The number of carbonyl (C=O) groups excluding carboxylic acids is 1. The first kappa shape index (κ1) is 21.8. The van der Waals surface area contributed by atoms with E-state index < -0.39 is 28.7 Å². The number of alkyl halides is 3. The highest BCUT2D eigenvalue weighted by molar-refractivity contribution is 6.34. The number of nitrogens with zero attached hydrogens (tertiary/aromatic N) is 2. The highest BCUT2D eigenvalue weighted by Gasteiger charge is 2.36. The van der Waals surface area contributed by atoms with Crippen molar-refractivity contribution in [2.24, 2.45) is 5.73 Å². The monoisotopic (exact) mass is 440 g/mol. The van der Waals surface area contributed by atoms with Gasteiger partial charge in [-0.25, -0.2) is 4.98 Å². The molecule has 3 rings (SSSR count). The number of anilines is 1. The molecule has 1 unspecified atom stereocenters. The average Bonchev–Trinajstić information content (AvgIpc) is 2.71. The van der Waals surface area contributed by atoms with Crippen LogP contribution in [0.4, 0.5) is 19.0 Å². The lowest BCUT2D eigenvalue weighted by atomic mass is 10.0. The van der Waals surface area contributed by atoms with Crippen LogP contribution in [0.3, 0.4) is 0 Å². The Bertz CT molecular complexity index is 977. The number of methoxy groups -OCH3 is 1. The van der Waals surface area contributed by atoms with E-state index in [1.165, 1.54) is 18.1 Å². The Morgan fingerprint density at radius 2 is 2.07 bits per heavy atom. The summed E-state index contributed by atoms with van der Waals surface area (Å²) in [5.74, 6) is 0.555. The third kappa shape index (κ3) is 4.30. The second-order valence-electron chi connectivity index (χ2n) is 6.73. The molecule has 1 atom stereocenters. The highest BCUT2D eigenvalue weighted by Crippen LogP contribution is 2.37. The number of rotatable bonds is 4. The summed E-state index contributed by atoms with van der Waals surface area (Å²) < 4.78 is 44.4. The van der Waals surface area contributed by atoms with Gasteiger partial charge in [0.15, 0.2) is 0 Å². The summed E-state index contributed by atoms with van der Waals surface area (Å²) in [6.45, 7) is 1.96. The van der Waals surface area contributed by atoms with Crippen LogP contribution in [0.5, 0.6) is 5.75 Å². The molecule has 0 saturated carbocycles. The first-order chi connectivity index (χ1) is 14.1. The molecular weight excluding hydrogens is 421 g/mol. The summed E-state index contributed by atoms with van der Waals surface area (Å²) in [5.41, 5.74) is 6.07.